The first kappa shape index (κ1) is 12.6. The summed E-state index contributed by atoms with van der Waals surface area (Å²) in [6.07, 6.45) is 1.54. The number of nitro benzene ring substituents is 1. The molecule has 2 aromatic rings. The van der Waals surface area contributed by atoms with E-state index in [2.05, 4.69) is 20.9 Å². The quantitative estimate of drug-likeness (QED) is 0.643. The fourth-order valence-electron chi connectivity index (χ4n) is 1.73. The molecule has 0 unspecified atom stereocenters. The molecule has 0 N–H and O–H groups in total. The highest BCUT2D eigenvalue weighted by Gasteiger charge is 2.23. The molecule has 0 fully saturated rings. The predicted molar refractivity (Wildman–Crippen MR) is 69.2 cm³/mol. The lowest BCUT2D eigenvalue weighted by Gasteiger charge is -2.10. The lowest BCUT2D eigenvalue weighted by molar-refractivity contribution is -0.385. The summed E-state index contributed by atoms with van der Waals surface area (Å²) in [5.74, 6) is 0.495. The van der Waals surface area contributed by atoms with Gasteiger partial charge in [0.1, 0.15) is 11.3 Å². The smallest absolute Gasteiger partial charge is 0.316 e. The topological polar surface area (TPSA) is 74.5 Å². The van der Waals surface area contributed by atoms with Crippen molar-refractivity contribution in [1.29, 1.82) is 0 Å². The number of nitro groups is 1. The molecule has 0 aliphatic carbocycles. The van der Waals surface area contributed by atoms with Crippen LogP contribution in [-0.2, 0) is 0 Å². The van der Waals surface area contributed by atoms with E-state index < -0.39 is 4.92 Å². The van der Waals surface area contributed by atoms with E-state index >= 15 is 0 Å². The molecule has 7 heteroatoms. The van der Waals surface area contributed by atoms with Crippen molar-refractivity contribution in [2.75, 3.05) is 14.2 Å². The van der Waals surface area contributed by atoms with Crippen molar-refractivity contribution < 1.29 is 14.4 Å². The maximum absolute atomic E-state index is 11.0. The Labute approximate surface area is 111 Å². The SMILES string of the molecule is COc1c([N+](=O)[O-])cc(OC)c2c(Br)ccnc12. The molecular weight excluding hydrogens is 304 g/mol. The fraction of sp³-hybridized carbons (Fsp3) is 0.182. The molecule has 0 spiro atoms. The largest absolute Gasteiger partial charge is 0.496 e. The summed E-state index contributed by atoms with van der Waals surface area (Å²) in [5, 5.41) is 11.6. The van der Waals surface area contributed by atoms with E-state index in [1.165, 1.54) is 26.5 Å². The molecule has 2 rings (SSSR count). The van der Waals surface area contributed by atoms with Gasteiger partial charge in [-0.3, -0.25) is 15.1 Å². The summed E-state index contributed by atoms with van der Waals surface area (Å²) < 4.78 is 11.0. The minimum atomic E-state index is -0.524. The Bertz CT molecular complexity index is 630. The molecule has 18 heavy (non-hydrogen) atoms. The fourth-order valence-corrected chi connectivity index (χ4v) is 2.23. The second kappa shape index (κ2) is 4.77. The first-order valence-electron chi connectivity index (χ1n) is 4.93. The minimum absolute atomic E-state index is 0.122. The van der Waals surface area contributed by atoms with Gasteiger partial charge in [-0.2, -0.15) is 0 Å². The van der Waals surface area contributed by atoms with Crippen LogP contribution in [-0.4, -0.2) is 24.1 Å². The van der Waals surface area contributed by atoms with Crippen molar-refractivity contribution in [3.63, 3.8) is 0 Å². The van der Waals surface area contributed by atoms with E-state index in [0.29, 0.717) is 16.7 Å². The lowest BCUT2D eigenvalue weighted by Crippen LogP contribution is -1.98. The van der Waals surface area contributed by atoms with Gasteiger partial charge < -0.3 is 9.47 Å². The summed E-state index contributed by atoms with van der Waals surface area (Å²) in [5.41, 5.74) is 0.213. The van der Waals surface area contributed by atoms with Crippen molar-refractivity contribution in [1.82, 2.24) is 4.98 Å². The number of rotatable bonds is 3. The van der Waals surface area contributed by atoms with Gasteiger partial charge in [0.25, 0.3) is 0 Å². The molecular formula is C11H9BrN2O4. The van der Waals surface area contributed by atoms with Crippen molar-refractivity contribution in [2.45, 2.75) is 0 Å². The number of hydrogen-bond acceptors (Lipinski definition) is 5. The standard InChI is InChI=1S/C11H9BrN2O4/c1-17-8-5-7(14(15)16)11(18-2)10-9(8)6(12)3-4-13-10/h3-5H,1-2H3. The number of pyridine rings is 1. The Kier molecular flexibility index (Phi) is 3.33. The van der Waals surface area contributed by atoms with Crippen molar-refractivity contribution >= 4 is 32.5 Å². The van der Waals surface area contributed by atoms with Gasteiger partial charge in [-0.15, -0.1) is 0 Å². The van der Waals surface area contributed by atoms with Crippen molar-refractivity contribution in [3.05, 3.63) is 32.9 Å². The molecule has 0 saturated heterocycles. The van der Waals surface area contributed by atoms with Crippen LogP contribution in [0.15, 0.2) is 22.8 Å². The zero-order chi connectivity index (χ0) is 13.3. The first-order chi connectivity index (χ1) is 8.60. The van der Waals surface area contributed by atoms with Gasteiger partial charge in [-0.25, -0.2) is 0 Å². The van der Waals surface area contributed by atoms with Crippen LogP contribution in [0.4, 0.5) is 5.69 Å². The summed E-state index contributed by atoms with van der Waals surface area (Å²) in [6, 6.07) is 3.06. The maximum atomic E-state index is 11.0. The van der Waals surface area contributed by atoms with Gasteiger partial charge in [0.05, 0.1) is 30.6 Å². The Morgan fingerprint density at radius 2 is 2.11 bits per heavy atom. The molecule has 94 valence electrons. The van der Waals surface area contributed by atoms with E-state index in [0.717, 1.165) is 4.47 Å². The Balaban J connectivity index is 2.96. The van der Waals surface area contributed by atoms with E-state index in [4.69, 9.17) is 9.47 Å². The summed E-state index contributed by atoms with van der Waals surface area (Å²) in [7, 11) is 2.82. The van der Waals surface area contributed by atoms with E-state index in [1.807, 2.05) is 0 Å². The number of benzene rings is 1. The van der Waals surface area contributed by atoms with E-state index in [1.54, 1.807) is 6.07 Å². The summed E-state index contributed by atoms with van der Waals surface area (Å²) >= 11 is 3.37. The molecule has 6 nitrogen and oxygen atoms in total. The third kappa shape index (κ3) is 1.86. The van der Waals surface area contributed by atoms with Crippen LogP contribution in [0.2, 0.25) is 0 Å². The lowest BCUT2D eigenvalue weighted by atomic mass is 10.1. The van der Waals surface area contributed by atoms with Crippen LogP contribution in [0.1, 0.15) is 0 Å². The third-order valence-electron chi connectivity index (χ3n) is 2.48. The van der Waals surface area contributed by atoms with Gasteiger partial charge in [0, 0.05) is 10.7 Å². The second-order valence-corrected chi connectivity index (χ2v) is 4.26. The number of methoxy groups -OCH3 is 2. The monoisotopic (exact) mass is 312 g/mol. The van der Waals surface area contributed by atoms with E-state index in [9.17, 15) is 10.1 Å². The number of fused-ring (bicyclic) bond motifs is 1. The van der Waals surface area contributed by atoms with Crippen molar-refractivity contribution in [2.24, 2.45) is 0 Å². The normalized spacial score (nSPS) is 10.4. The van der Waals surface area contributed by atoms with Gasteiger partial charge in [-0.1, -0.05) is 0 Å². The zero-order valence-corrected chi connectivity index (χ0v) is 11.2. The molecule has 0 aliphatic rings. The summed E-state index contributed by atoms with van der Waals surface area (Å²) in [4.78, 5) is 14.6. The molecule has 0 radical (unpaired) electrons. The van der Waals surface area contributed by atoms with Crippen LogP contribution >= 0.6 is 15.9 Å². The molecule has 1 aromatic heterocycles. The van der Waals surface area contributed by atoms with Crippen LogP contribution < -0.4 is 9.47 Å². The number of nitrogens with zero attached hydrogens (tertiary/aromatic N) is 2. The molecule has 0 bridgehead atoms. The highest BCUT2D eigenvalue weighted by atomic mass is 79.9. The average Bonchev–Trinajstić information content (AvgIpc) is 2.36. The molecule has 1 heterocycles. The highest BCUT2D eigenvalue weighted by molar-refractivity contribution is 9.10. The van der Waals surface area contributed by atoms with Crippen LogP contribution in [0.3, 0.4) is 0 Å². The molecule has 0 atom stereocenters. The van der Waals surface area contributed by atoms with E-state index in [-0.39, 0.29) is 11.4 Å². The molecule has 0 saturated carbocycles. The number of hydrogen-bond donors (Lipinski definition) is 0. The highest BCUT2D eigenvalue weighted by Crippen LogP contribution is 2.42. The Morgan fingerprint density at radius 1 is 1.39 bits per heavy atom. The summed E-state index contributed by atoms with van der Waals surface area (Å²) in [6.45, 7) is 0. The number of aromatic nitrogens is 1. The van der Waals surface area contributed by atoms with Gasteiger partial charge in [-0.05, 0) is 22.0 Å². The Hall–Kier alpha value is -1.89. The van der Waals surface area contributed by atoms with Gasteiger partial charge in [0.2, 0.25) is 5.75 Å². The number of ether oxygens (including phenoxy) is 2. The van der Waals surface area contributed by atoms with Crippen LogP contribution in [0, 0.1) is 10.1 Å². The zero-order valence-electron chi connectivity index (χ0n) is 9.64. The van der Waals surface area contributed by atoms with Gasteiger partial charge >= 0.3 is 5.69 Å². The van der Waals surface area contributed by atoms with Crippen molar-refractivity contribution in [3.8, 4) is 11.5 Å². The van der Waals surface area contributed by atoms with Gasteiger partial charge in [0.15, 0.2) is 0 Å². The molecule has 0 aliphatic heterocycles. The number of halogens is 1. The molecule has 1 aromatic carbocycles. The van der Waals surface area contributed by atoms with Crippen LogP contribution in [0.25, 0.3) is 10.9 Å². The predicted octanol–water partition coefficient (Wildman–Crippen LogP) is 2.92. The Morgan fingerprint density at radius 3 is 2.67 bits per heavy atom. The van der Waals surface area contributed by atoms with Crippen LogP contribution in [0.5, 0.6) is 11.5 Å². The second-order valence-electron chi connectivity index (χ2n) is 3.40. The maximum Gasteiger partial charge on any atom is 0.316 e. The first-order valence-corrected chi connectivity index (χ1v) is 5.73. The third-order valence-corrected chi connectivity index (χ3v) is 3.14. The molecule has 0 amide bonds. The minimum Gasteiger partial charge on any atom is -0.496 e. The average molecular weight is 313 g/mol.